The molecule has 0 saturated carbocycles. The molecule has 0 unspecified atom stereocenters. The summed E-state index contributed by atoms with van der Waals surface area (Å²) in [5.74, 6) is -0.185. The summed E-state index contributed by atoms with van der Waals surface area (Å²) in [5.41, 5.74) is 0. The molecular formula is C5H10NO2. The van der Waals surface area contributed by atoms with E-state index in [4.69, 9.17) is 0 Å². The van der Waals surface area contributed by atoms with Gasteiger partial charge in [-0.2, -0.15) is 0 Å². The van der Waals surface area contributed by atoms with Gasteiger partial charge in [-0.15, -0.1) is 0 Å². The fourth-order valence-corrected chi connectivity index (χ4v) is 0.345. The highest BCUT2D eigenvalue weighted by Gasteiger charge is 1.95. The van der Waals surface area contributed by atoms with Crippen molar-refractivity contribution in [2.24, 2.45) is 0 Å². The van der Waals surface area contributed by atoms with E-state index in [1.807, 2.05) is 6.92 Å². The molecule has 0 aromatic heterocycles. The van der Waals surface area contributed by atoms with Gasteiger partial charge in [0.1, 0.15) is 6.61 Å². The Kier molecular flexibility index (Phi) is 4.26. The summed E-state index contributed by atoms with van der Waals surface area (Å²) in [5, 5.41) is 3.55. The van der Waals surface area contributed by atoms with Gasteiger partial charge in [-0.05, 0) is 6.92 Å². The molecule has 0 rings (SSSR count). The average molecular weight is 116 g/mol. The maximum Gasteiger partial charge on any atom is 0.267 e. The van der Waals surface area contributed by atoms with Crippen LogP contribution in [0, 0.1) is 0 Å². The lowest BCUT2D eigenvalue weighted by atomic mass is 10.6. The highest BCUT2D eigenvalue weighted by Crippen LogP contribution is 1.68. The van der Waals surface area contributed by atoms with Crippen molar-refractivity contribution >= 4 is 5.91 Å². The SMILES string of the molecule is CC[N]C(=O)COC. The highest BCUT2D eigenvalue weighted by molar-refractivity contribution is 5.76. The lowest BCUT2D eigenvalue weighted by molar-refractivity contribution is -0.124. The van der Waals surface area contributed by atoms with Crippen molar-refractivity contribution in [2.45, 2.75) is 6.92 Å². The first-order valence-electron chi connectivity index (χ1n) is 2.50. The maximum absolute atomic E-state index is 10.4. The third-order valence-electron chi connectivity index (χ3n) is 0.602. The molecule has 0 N–H and O–H groups in total. The zero-order valence-corrected chi connectivity index (χ0v) is 5.18. The zero-order chi connectivity index (χ0) is 6.41. The third kappa shape index (κ3) is 3.61. The van der Waals surface area contributed by atoms with Crippen LogP contribution in [0.1, 0.15) is 6.92 Å². The largest absolute Gasteiger partial charge is 0.375 e. The number of ether oxygens (including phenoxy) is 1. The minimum atomic E-state index is -0.185. The Morgan fingerprint density at radius 3 is 2.75 bits per heavy atom. The second-order valence-electron chi connectivity index (χ2n) is 1.30. The van der Waals surface area contributed by atoms with Crippen molar-refractivity contribution in [3.05, 3.63) is 0 Å². The van der Waals surface area contributed by atoms with E-state index >= 15 is 0 Å². The first-order valence-corrected chi connectivity index (χ1v) is 2.50. The topological polar surface area (TPSA) is 40.4 Å². The van der Waals surface area contributed by atoms with Crippen molar-refractivity contribution in [3.63, 3.8) is 0 Å². The molecule has 0 aliphatic carbocycles. The summed E-state index contributed by atoms with van der Waals surface area (Å²) in [6.07, 6.45) is 0. The van der Waals surface area contributed by atoms with Gasteiger partial charge in [0.2, 0.25) is 0 Å². The van der Waals surface area contributed by atoms with Crippen molar-refractivity contribution in [1.82, 2.24) is 5.32 Å². The normalized spacial score (nSPS) is 8.75. The molecular weight excluding hydrogens is 106 g/mol. The number of methoxy groups -OCH3 is 1. The standard InChI is InChI=1S/C5H10NO2/c1-3-6-5(7)4-8-2/h3-4H2,1-2H3. The molecule has 1 radical (unpaired) electrons. The molecule has 3 heteroatoms. The molecule has 0 bridgehead atoms. The summed E-state index contributed by atoms with van der Waals surface area (Å²) in [6.45, 7) is 2.46. The Morgan fingerprint density at radius 1 is 1.75 bits per heavy atom. The van der Waals surface area contributed by atoms with Crippen molar-refractivity contribution < 1.29 is 9.53 Å². The van der Waals surface area contributed by atoms with E-state index in [-0.39, 0.29) is 12.5 Å². The smallest absolute Gasteiger partial charge is 0.267 e. The summed E-state index contributed by atoms with van der Waals surface area (Å²) in [4.78, 5) is 10.4. The number of hydrogen-bond acceptors (Lipinski definition) is 2. The van der Waals surface area contributed by atoms with Crippen LogP contribution in [0.15, 0.2) is 0 Å². The van der Waals surface area contributed by atoms with Gasteiger partial charge in [0.05, 0.1) is 0 Å². The van der Waals surface area contributed by atoms with Gasteiger partial charge in [0.15, 0.2) is 0 Å². The van der Waals surface area contributed by atoms with E-state index in [2.05, 4.69) is 10.1 Å². The first-order chi connectivity index (χ1) is 3.81. The number of amides is 1. The van der Waals surface area contributed by atoms with E-state index in [1.54, 1.807) is 0 Å². The van der Waals surface area contributed by atoms with Crippen molar-refractivity contribution in [1.29, 1.82) is 0 Å². The Hall–Kier alpha value is -0.570. The predicted octanol–water partition coefficient (Wildman–Crippen LogP) is -0.216. The maximum atomic E-state index is 10.4. The molecule has 0 aliphatic heterocycles. The monoisotopic (exact) mass is 116 g/mol. The van der Waals surface area contributed by atoms with Gasteiger partial charge in [-0.25, -0.2) is 5.32 Å². The number of rotatable bonds is 3. The van der Waals surface area contributed by atoms with Crippen LogP contribution >= 0.6 is 0 Å². The lowest BCUT2D eigenvalue weighted by Gasteiger charge is -1.93. The van der Waals surface area contributed by atoms with Crippen LogP contribution in [0.5, 0.6) is 0 Å². The summed E-state index contributed by atoms with van der Waals surface area (Å²) >= 11 is 0. The quantitative estimate of drug-likeness (QED) is 0.511. The number of hydrogen-bond donors (Lipinski definition) is 0. The lowest BCUT2D eigenvalue weighted by Crippen LogP contribution is -2.19. The van der Waals surface area contributed by atoms with E-state index in [0.29, 0.717) is 6.54 Å². The Bertz CT molecular complexity index is 64.8. The molecule has 0 aromatic carbocycles. The van der Waals surface area contributed by atoms with Crippen LogP contribution in [0.2, 0.25) is 0 Å². The highest BCUT2D eigenvalue weighted by atomic mass is 16.5. The van der Waals surface area contributed by atoms with Gasteiger partial charge < -0.3 is 4.74 Å². The predicted molar refractivity (Wildman–Crippen MR) is 29.6 cm³/mol. The molecule has 0 saturated heterocycles. The van der Waals surface area contributed by atoms with Crippen molar-refractivity contribution in [3.8, 4) is 0 Å². The molecule has 0 fully saturated rings. The van der Waals surface area contributed by atoms with E-state index < -0.39 is 0 Å². The molecule has 0 aliphatic rings. The Labute approximate surface area is 49.0 Å². The average Bonchev–Trinajstić information content (AvgIpc) is 1.68. The summed E-state index contributed by atoms with van der Waals surface area (Å²) in [7, 11) is 1.48. The van der Waals surface area contributed by atoms with Gasteiger partial charge in [0, 0.05) is 13.7 Å². The fourth-order valence-electron chi connectivity index (χ4n) is 0.345. The number of carbonyl (C=O) groups excluding carboxylic acids is 1. The second-order valence-corrected chi connectivity index (χ2v) is 1.30. The van der Waals surface area contributed by atoms with Crippen LogP contribution in [-0.4, -0.2) is 26.2 Å². The van der Waals surface area contributed by atoms with Gasteiger partial charge in [-0.1, -0.05) is 0 Å². The van der Waals surface area contributed by atoms with Gasteiger partial charge in [0.25, 0.3) is 5.91 Å². The Morgan fingerprint density at radius 2 is 2.38 bits per heavy atom. The summed E-state index contributed by atoms with van der Waals surface area (Å²) < 4.78 is 4.51. The molecule has 0 aromatic rings. The van der Waals surface area contributed by atoms with Gasteiger partial charge >= 0.3 is 0 Å². The molecule has 0 spiro atoms. The van der Waals surface area contributed by atoms with Crippen LogP contribution < -0.4 is 5.32 Å². The van der Waals surface area contributed by atoms with Crippen LogP contribution in [0.25, 0.3) is 0 Å². The second kappa shape index (κ2) is 4.59. The molecule has 47 valence electrons. The number of likely N-dealkylation sites (N-methyl/N-ethyl adjacent to an activating group) is 1. The first kappa shape index (κ1) is 7.43. The Balaban J connectivity index is 3.06. The van der Waals surface area contributed by atoms with Crippen LogP contribution in [0.4, 0.5) is 0 Å². The molecule has 0 heterocycles. The molecule has 3 nitrogen and oxygen atoms in total. The van der Waals surface area contributed by atoms with E-state index in [9.17, 15) is 4.79 Å². The van der Waals surface area contributed by atoms with Crippen molar-refractivity contribution in [2.75, 3.05) is 20.3 Å². The molecule has 8 heavy (non-hydrogen) atoms. The third-order valence-corrected chi connectivity index (χ3v) is 0.602. The van der Waals surface area contributed by atoms with Crippen LogP contribution in [0.3, 0.4) is 0 Å². The fraction of sp³-hybridized carbons (Fsp3) is 0.800. The number of nitrogens with zero attached hydrogens (tertiary/aromatic N) is 1. The molecule has 1 amide bonds. The minimum Gasteiger partial charge on any atom is -0.375 e. The summed E-state index contributed by atoms with van der Waals surface area (Å²) in [6, 6.07) is 0. The van der Waals surface area contributed by atoms with E-state index in [0.717, 1.165) is 0 Å². The molecule has 0 atom stereocenters. The zero-order valence-electron chi connectivity index (χ0n) is 5.18. The van der Waals surface area contributed by atoms with Crippen LogP contribution in [-0.2, 0) is 9.53 Å². The number of carbonyl (C=O) groups is 1. The van der Waals surface area contributed by atoms with E-state index in [1.165, 1.54) is 7.11 Å². The minimum absolute atomic E-state index is 0.105. The van der Waals surface area contributed by atoms with Gasteiger partial charge in [-0.3, -0.25) is 4.79 Å².